The van der Waals surface area contributed by atoms with E-state index < -0.39 is 0 Å². The quantitative estimate of drug-likeness (QED) is 0.546. The number of nitrogens with zero attached hydrogens (tertiary/aromatic N) is 1. The number of likely N-dealkylation sites (N-methyl/N-ethyl adjacent to an activating group) is 1. The molecule has 0 spiro atoms. The molecule has 0 amide bonds. The summed E-state index contributed by atoms with van der Waals surface area (Å²) in [6.07, 6.45) is 0. The lowest BCUT2D eigenvalue weighted by molar-refractivity contribution is 0.128. The molecule has 0 aromatic carbocycles. The van der Waals surface area contributed by atoms with Gasteiger partial charge in [-0.1, -0.05) is 12.6 Å². The lowest BCUT2D eigenvalue weighted by atomic mass is 10.3. The van der Waals surface area contributed by atoms with Crippen molar-refractivity contribution < 1.29 is 9.47 Å². The van der Waals surface area contributed by atoms with E-state index in [0.717, 1.165) is 6.54 Å². The Labute approximate surface area is 107 Å². The number of ether oxygens (including phenoxy) is 2. The zero-order valence-electron chi connectivity index (χ0n) is 10.9. The summed E-state index contributed by atoms with van der Waals surface area (Å²) >= 11 is 0. The third kappa shape index (κ3) is 4.01. The van der Waals surface area contributed by atoms with Gasteiger partial charge in [0.2, 0.25) is 0 Å². The molecule has 0 saturated heterocycles. The Hall–Kier alpha value is -1.59. The molecule has 0 bridgehead atoms. The van der Waals surface area contributed by atoms with Gasteiger partial charge in [-0.25, -0.2) is 0 Å². The molecule has 100 valence electrons. The van der Waals surface area contributed by atoms with Crippen molar-refractivity contribution in [2.24, 2.45) is 0 Å². The van der Waals surface area contributed by atoms with Gasteiger partial charge in [0.15, 0.2) is 0 Å². The second-order valence-electron chi connectivity index (χ2n) is 3.74. The summed E-state index contributed by atoms with van der Waals surface area (Å²) in [6, 6.07) is 5.01. The van der Waals surface area contributed by atoms with Crippen LogP contribution in [0.3, 0.4) is 0 Å². The van der Waals surface area contributed by atoms with Gasteiger partial charge in [0.1, 0.15) is 5.76 Å². The van der Waals surface area contributed by atoms with Crippen LogP contribution in [-0.4, -0.2) is 38.5 Å². The van der Waals surface area contributed by atoms with E-state index in [1.807, 2.05) is 7.05 Å². The standard InChI is InChI=1S/C13H20N2O3/c1-11(17-3)12-5-4-6-13(16)15(12)8-10-18-9-7-14-2/h4-6,14H,1,7-10H2,2-3H3. The minimum Gasteiger partial charge on any atom is -0.495 e. The second-order valence-corrected chi connectivity index (χ2v) is 3.74. The van der Waals surface area contributed by atoms with Crippen LogP contribution < -0.4 is 10.9 Å². The van der Waals surface area contributed by atoms with E-state index in [1.165, 1.54) is 13.2 Å². The third-order valence-corrected chi connectivity index (χ3v) is 2.54. The highest BCUT2D eigenvalue weighted by Gasteiger charge is 2.06. The fourth-order valence-corrected chi connectivity index (χ4v) is 1.53. The van der Waals surface area contributed by atoms with Crippen LogP contribution in [0.2, 0.25) is 0 Å². The van der Waals surface area contributed by atoms with Crippen LogP contribution in [0.4, 0.5) is 0 Å². The molecule has 0 unspecified atom stereocenters. The van der Waals surface area contributed by atoms with Crippen LogP contribution in [-0.2, 0) is 16.0 Å². The monoisotopic (exact) mass is 252 g/mol. The van der Waals surface area contributed by atoms with Crippen LogP contribution in [0.25, 0.3) is 5.76 Å². The fraction of sp³-hybridized carbons (Fsp3) is 0.462. The molecule has 1 N–H and O–H groups in total. The highest BCUT2D eigenvalue weighted by atomic mass is 16.5. The smallest absolute Gasteiger partial charge is 0.251 e. The number of hydrogen-bond acceptors (Lipinski definition) is 4. The van der Waals surface area contributed by atoms with Gasteiger partial charge in [0.25, 0.3) is 5.56 Å². The molecular weight excluding hydrogens is 232 g/mol. The van der Waals surface area contributed by atoms with Crippen LogP contribution >= 0.6 is 0 Å². The lowest BCUT2D eigenvalue weighted by Gasteiger charge is -2.13. The van der Waals surface area contributed by atoms with Crippen molar-refractivity contribution in [1.29, 1.82) is 0 Å². The molecule has 5 heteroatoms. The Morgan fingerprint density at radius 3 is 2.89 bits per heavy atom. The highest BCUT2D eigenvalue weighted by molar-refractivity contribution is 5.53. The van der Waals surface area contributed by atoms with Crippen molar-refractivity contribution in [3.05, 3.63) is 40.8 Å². The summed E-state index contributed by atoms with van der Waals surface area (Å²) in [4.78, 5) is 11.8. The summed E-state index contributed by atoms with van der Waals surface area (Å²) in [5, 5.41) is 2.99. The summed E-state index contributed by atoms with van der Waals surface area (Å²) in [5.41, 5.74) is 0.602. The van der Waals surface area contributed by atoms with Gasteiger partial charge >= 0.3 is 0 Å². The molecule has 1 aromatic rings. The van der Waals surface area contributed by atoms with E-state index in [1.54, 1.807) is 16.7 Å². The zero-order chi connectivity index (χ0) is 13.4. The van der Waals surface area contributed by atoms with Gasteiger partial charge in [0, 0.05) is 19.2 Å². The summed E-state index contributed by atoms with van der Waals surface area (Å²) in [5.74, 6) is 0.475. The molecule has 1 heterocycles. The second kappa shape index (κ2) is 7.68. The van der Waals surface area contributed by atoms with Gasteiger partial charge in [-0.2, -0.15) is 0 Å². The SMILES string of the molecule is C=C(OC)c1cccc(=O)n1CCOCCNC. The largest absolute Gasteiger partial charge is 0.495 e. The highest BCUT2D eigenvalue weighted by Crippen LogP contribution is 2.10. The first kappa shape index (κ1) is 14.5. The van der Waals surface area contributed by atoms with Crippen molar-refractivity contribution in [2.45, 2.75) is 6.54 Å². The normalized spacial score (nSPS) is 10.3. The average molecular weight is 252 g/mol. The summed E-state index contributed by atoms with van der Waals surface area (Å²) in [6.45, 7) is 6.16. The summed E-state index contributed by atoms with van der Waals surface area (Å²) in [7, 11) is 3.40. The molecule has 1 aromatic heterocycles. The molecule has 0 radical (unpaired) electrons. The van der Waals surface area contributed by atoms with Crippen molar-refractivity contribution in [3.8, 4) is 0 Å². The van der Waals surface area contributed by atoms with E-state index in [0.29, 0.717) is 31.2 Å². The number of methoxy groups -OCH3 is 1. The number of hydrogen-bond donors (Lipinski definition) is 1. The molecular formula is C13H20N2O3. The number of rotatable bonds is 8. The first-order valence-corrected chi connectivity index (χ1v) is 5.86. The van der Waals surface area contributed by atoms with E-state index in [4.69, 9.17) is 9.47 Å². The number of pyridine rings is 1. The molecule has 0 fully saturated rings. The van der Waals surface area contributed by atoms with E-state index >= 15 is 0 Å². The topological polar surface area (TPSA) is 52.5 Å². The lowest BCUT2D eigenvalue weighted by Crippen LogP contribution is -2.25. The predicted octanol–water partition coefficient (Wildman–Crippen LogP) is 0.701. The van der Waals surface area contributed by atoms with Gasteiger partial charge in [-0.3, -0.25) is 4.79 Å². The molecule has 0 aliphatic heterocycles. The fourth-order valence-electron chi connectivity index (χ4n) is 1.53. The van der Waals surface area contributed by atoms with Crippen LogP contribution in [0.5, 0.6) is 0 Å². The van der Waals surface area contributed by atoms with Crippen molar-refractivity contribution in [3.63, 3.8) is 0 Å². The first-order chi connectivity index (χ1) is 8.70. The summed E-state index contributed by atoms with van der Waals surface area (Å²) < 4.78 is 12.1. The zero-order valence-corrected chi connectivity index (χ0v) is 10.9. The minimum atomic E-state index is -0.0806. The molecule has 0 saturated carbocycles. The molecule has 18 heavy (non-hydrogen) atoms. The molecule has 0 aliphatic carbocycles. The maximum absolute atomic E-state index is 11.8. The van der Waals surface area contributed by atoms with Crippen molar-refractivity contribution >= 4 is 5.76 Å². The van der Waals surface area contributed by atoms with Crippen molar-refractivity contribution in [1.82, 2.24) is 9.88 Å². The Morgan fingerprint density at radius 2 is 2.22 bits per heavy atom. The van der Waals surface area contributed by atoms with Crippen LogP contribution in [0.15, 0.2) is 29.6 Å². The molecule has 0 aliphatic rings. The van der Waals surface area contributed by atoms with E-state index in [9.17, 15) is 4.79 Å². The van der Waals surface area contributed by atoms with Crippen LogP contribution in [0.1, 0.15) is 5.69 Å². The molecule has 0 atom stereocenters. The maximum Gasteiger partial charge on any atom is 0.251 e. The number of nitrogens with one attached hydrogen (secondary N) is 1. The Balaban J connectivity index is 2.68. The van der Waals surface area contributed by atoms with Gasteiger partial charge in [-0.05, 0) is 13.1 Å². The van der Waals surface area contributed by atoms with Gasteiger partial charge in [0.05, 0.1) is 26.0 Å². The van der Waals surface area contributed by atoms with E-state index in [2.05, 4.69) is 11.9 Å². The van der Waals surface area contributed by atoms with Crippen LogP contribution in [0, 0.1) is 0 Å². The first-order valence-electron chi connectivity index (χ1n) is 5.86. The van der Waals surface area contributed by atoms with Gasteiger partial charge in [-0.15, -0.1) is 0 Å². The van der Waals surface area contributed by atoms with Crippen molar-refractivity contribution in [2.75, 3.05) is 33.9 Å². The predicted molar refractivity (Wildman–Crippen MR) is 71.5 cm³/mol. The maximum atomic E-state index is 11.8. The van der Waals surface area contributed by atoms with E-state index in [-0.39, 0.29) is 5.56 Å². The Morgan fingerprint density at radius 1 is 1.44 bits per heavy atom. The minimum absolute atomic E-state index is 0.0806. The number of aromatic nitrogens is 1. The average Bonchev–Trinajstić information content (AvgIpc) is 2.39. The van der Waals surface area contributed by atoms with Gasteiger partial charge < -0.3 is 19.4 Å². The Bertz CT molecular complexity index is 440. The molecule has 1 rings (SSSR count). The Kier molecular flexibility index (Phi) is 6.18. The third-order valence-electron chi connectivity index (χ3n) is 2.54. The molecule has 5 nitrogen and oxygen atoms in total.